The molecular formula is C12H13BrN2O2. The number of ether oxygens (including phenoxy) is 1. The molecule has 0 fully saturated rings. The minimum absolute atomic E-state index is 0.105. The molecule has 0 heterocycles. The Kier molecular flexibility index (Phi) is 6.12. The van der Waals surface area contributed by atoms with E-state index in [1.54, 1.807) is 12.1 Å². The van der Waals surface area contributed by atoms with Gasteiger partial charge in [-0.05, 0) is 18.6 Å². The molecule has 17 heavy (non-hydrogen) atoms. The number of nitriles is 1. The third-order valence-corrected chi connectivity index (χ3v) is 2.45. The van der Waals surface area contributed by atoms with E-state index in [0.29, 0.717) is 30.9 Å². The second-order valence-corrected chi connectivity index (χ2v) is 3.88. The van der Waals surface area contributed by atoms with E-state index in [9.17, 15) is 4.79 Å². The van der Waals surface area contributed by atoms with Crippen LogP contribution in [-0.2, 0) is 4.79 Å². The number of rotatable bonds is 6. The number of alkyl halides is 1. The van der Waals surface area contributed by atoms with E-state index in [-0.39, 0.29) is 11.2 Å². The molecule has 0 aromatic heterocycles. The zero-order chi connectivity index (χ0) is 12.5. The van der Waals surface area contributed by atoms with Crippen LogP contribution < -0.4 is 10.1 Å². The number of amides is 1. The van der Waals surface area contributed by atoms with Gasteiger partial charge in [-0.2, -0.15) is 5.26 Å². The lowest BCUT2D eigenvalue weighted by atomic mass is 10.3. The Morgan fingerprint density at radius 3 is 3.06 bits per heavy atom. The normalized spacial score (nSPS) is 9.41. The lowest BCUT2D eigenvalue weighted by molar-refractivity contribution is -0.113. The van der Waals surface area contributed by atoms with Crippen LogP contribution in [-0.4, -0.2) is 17.8 Å². The fraction of sp³-hybridized carbons (Fsp3) is 0.333. The fourth-order valence-corrected chi connectivity index (χ4v) is 1.34. The highest BCUT2D eigenvalue weighted by molar-refractivity contribution is 9.09. The number of anilines is 1. The van der Waals surface area contributed by atoms with Crippen molar-refractivity contribution in [3.05, 3.63) is 24.3 Å². The molecule has 0 radical (unpaired) electrons. The van der Waals surface area contributed by atoms with Crippen LogP contribution in [0.4, 0.5) is 5.69 Å². The first kappa shape index (κ1) is 13.5. The van der Waals surface area contributed by atoms with E-state index in [1.807, 2.05) is 12.1 Å². The van der Waals surface area contributed by atoms with Gasteiger partial charge in [-0.1, -0.05) is 22.0 Å². The number of nitrogens with zero attached hydrogens (tertiary/aromatic N) is 1. The zero-order valence-electron chi connectivity index (χ0n) is 9.28. The third-order valence-electron chi connectivity index (χ3n) is 1.94. The summed E-state index contributed by atoms with van der Waals surface area (Å²) in [7, 11) is 0. The van der Waals surface area contributed by atoms with E-state index in [2.05, 4.69) is 27.3 Å². The maximum atomic E-state index is 11.2. The van der Waals surface area contributed by atoms with Crippen LogP contribution in [0.5, 0.6) is 5.75 Å². The minimum atomic E-state index is -0.105. The van der Waals surface area contributed by atoms with Gasteiger partial charge in [0.15, 0.2) is 0 Å². The summed E-state index contributed by atoms with van der Waals surface area (Å²) in [5.41, 5.74) is 0.701. The average Bonchev–Trinajstić information content (AvgIpc) is 2.35. The van der Waals surface area contributed by atoms with Crippen molar-refractivity contribution in [1.29, 1.82) is 5.26 Å². The Bertz CT molecular complexity index is 415. The number of carbonyl (C=O) groups is 1. The molecular weight excluding hydrogens is 284 g/mol. The van der Waals surface area contributed by atoms with Gasteiger partial charge in [-0.15, -0.1) is 0 Å². The van der Waals surface area contributed by atoms with E-state index < -0.39 is 0 Å². The highest BCUT2D eigenvalue weighted by Crippen LogP contribution is 2.17. The topological polar surface area (TPSA) is 62.1 Å². The molecule has 0 bridgehead atoms. The van der Waals surface area contributed by atoms with Crippen LogP contribution in [0.15, 0.2) is 24.3 Å². The molecule has 0 aliphatic carbocycles. The van der Waals surface area contributed by atoms with Crippen LogP contribution in [0.25, 0.3) is 0 Å². The van der Waals surface area contributed by atoms with Crippen LogP contribution in [0.3, 0.4) is 0 Å². The second kappa shape index (κ2) is 7.69. The molecule has 1 N–H and O–H groups in total. The Morgan fingerprint density at radius 2 is 2.35 bits per heavy atom. The number of halogens is 1. The molecule has 0 aliphatic rings. The summed E-state index contributed by atoms with van der Waals surface area (Å²) in [6.07, 6.45) is 1.19. The molecule has 0 spiro atoms. The van der Waals surface area contributed by atoms with Crippen LogP contribution >= 0.6 is 15.9 Å². The minimum Gasteiger partial charge on any atom is -0.493 e. The quantitative estimate of drug-likeness (QED) is 0.648. The van der Waals surface area contributed by atoms with Crippen LogP contribution in [0.2, 0.25) is 0 Å². The zero-order valence-corrected chi connectivity index (χ0v) is 10.9. The highest BCUT2D eigenvalue weighted by Gasteiger charge is 2.01. The van der Waals surface area contributed by atoms with Gasteiger partial charge in [0, 0.05) is 18.2 Å². The molecule has 1 amide bonds. The molecule has 4 nitrogen and oxygen atoms in total. The van der Waals surface area contributed by atoms with Crippen molar-refractivity contribution in [2.45, 2.75) is 12.8 Å². The molecule has 0 aliphatic heterocycles. The summed E-state index contributed by atoms with van der Waals surface area (Å²) >= 11 is 3.08. The maximum Gasteiger partial charge on any atom is 0.235 e. The smallest absolute Gasteiger partial charge is 0.235 e. The van der Waals surface area contributed by atoms with Crippen LogP contribution in [0.1, 0.15) is 12.8 Å². The predicted octanol–water partition coefficient (Wildman–Crippen LogP) is 2.70. The van der Waals surface area contributed by atoms with Crippen molar-refractivity contribution in [2.24, 2.45) is 0 Å². The molecule has 1 rings (SSSR count). The average molecular weight is 297 g/mol. The Balaban J connectivity index is 2.48. The number of hydrogen-bond acceptors (Lipinski definition) is 3. The van der Waals surface area contributed by atoms with Crippen LogP contribution in [0, 0.1) is 11.3 Å². The largest absolute Gasteiger partial charge is 0.493 e. The van der Waals surface area contributed by atoms with E-state index >= 15 is 0 Å². The first-order valence-electron chi connectivity index (χ1n) is 5.22. The molecule has 5 heteroatoms. The monoisotopic (exact) mass is 296 g/mol. The van der Waals surface area contributed by atoms with Gasteiger partial charge < -0.3 is 10.1 Å². The summed E-state index contributed by atoms with van der Waals surface area (Å²) in [6.45, 7) is 0.503. The molecule has 90 valence electrons. The third kappa shape index (κ3) is 5.36. The fourth-order valence-electron chi connectivity index (χ4n) is 1.20. The van der Waals surface area contributed by atoms with Crippen molar-refractivity contribution in [1.82, 2.24) is 0 Å². The van der Waals surface area contributed by atoms with Crippen molar-refractivity contribution >= 4 is 27.5 Å². The van der Waals surface area contributed by atoms with Gasteiger partial charge in [-0.25, -0.2) is 0 Å². The first-order chi connectivity index (χ1) is 8.26. The summed E-state index contributed by atoms with van der Waals surface area (Å²) in [4.78, 5) is 11.2. The summed E-state index contributed by atoms with van der Waals surface area (Å²) in [5, 5.41) is 11.4. The van der Waals surface area contributed by atoms with Gasteiger partial charge in [0.25, 0.3) is 0 Å². The molecule has 1 aromatic rings. The summed E-state index contributed by atoms with van der Waals surface area (Å²) in [6, 6.07) is 9.23. The van der Waals surface area contributed by atoms with Gasteiger partial charge >= 0.3 is 0 Å². The van der Waals surface area contributed by atoms with Gasteiger partial charge in [0.05, 0.1) is 18.0 Å². The predicted molar refractivity (Wildman–Crippen MR) is 69.2 cm³/mol. The van der Waals surface area contributed by atoms with Crippen molar-refractivity contribution in [3.63, 3.8) is 0 Å². The summed E-state index contributed by atoms with van der Waals surface area (Å²) < 4.78 is 5.45. The van der Waals surface area contributed by atoms with Gasteiger partial charge in [0.2, 0.25) is 5.91 Å². The standard InChI is InChI=1S/C12H13BrN2O2/c13-9-12(16)15-10-4-3-5-11(8-10)17-7-2-1-6-14/h3-5,8H,1-2,7,9H2,(H,15,16). The number of unbranched alkanes of at least 4 members (excludes halogenated alkanes) is 1. The van der Waals surface area contributed by atoms with Crippen molar-refractivity contribution < 1.29 is 9.53 Å². The van der Waals surface area contributed by atoms with Crippen molar-refractivity contribution in [3.8, 4) is 11.8 Å². The second-order valence-electron chi connectivity index (χ2n) is 3.32. The molecule has 0 unspecified atom stereocenters. The molecule has 1 aromatic carbocycles. The SMILES string of the molecule is N#CCCCOc1cccc(NC(=O)CBr)c1. The molecule has 0 atom stereocenters. The Labute approximate surface area is 109 Å². The number of carbonyl (C=O) groups excluding carboxylic acids is 1. The molecule has 0 saturated carbocycles. The van der Waals surface area contributed by atoms with Crippen molar-refractivity contribution in [2.75, 3.05) is 17.3 Å². The Hall–Kier alpha value is -1.54. The highest BCUT2D eigenvalue weighted by atomic mass is 79.9. The van der Waals surface area contributed by atoms with Gasteiger partial charge in [0.1, 0.15) is 5.75 Å². The first-order valence-corrected chi connectivity index (χ1v) is 6.34. The Morgan fingerprint density at radius 1 is 1.53 bits per heavy atom. The van der Waals surface area contributed by atoms with E-state index in [1.165, 1.54) is 0 Å². The van der Waals surface area contributed by atoms with E-state index in [0.717, 1.165) is 0 Å². The lowest BCUT2D eigenvalue weighted by Gasteiger charge is -2.07. The number of nitrogens with one attached hydrogen (secondary N) is 1. The van der Waals surface area contributed by atoms with E-state index in [4.69, 9.17) is 10.00 Å². The number of hydrogen-bond donors (Lipinski definition) is 1. The number of benzene rings is 1. The lowest BCUT2D eigenvalue weighted by Crippen LogP contribution is -2.12. The summed E-state index contributed by atoms with van der Waals surface area (Å²) in [5.74, 6) is 0.585. The molecule has 0 saturated heterocycles. The maximum absolute atomic E-state index is 11.2. The van der Waals surface area contributed by atoms with Gasteiger partial charge in [-0.3, -0.25) is 4.79 Å².